The minimum Gasteiger partial charge on any atom is -0.325 e. The van der Waals surface area contributed by atoms with E-state index in [4.69, 9.17) is 16.6 Å². The van der Waals surface area contributed by atoms with Crippen LogP contribution in [0.1, 0.15) is 25.1 Å². The lowest BCUT2D eigenvalue weighted by atomic mass is 10.0. The largest absolute Gasteiger partial charge is 0.325 e. The van der Waals surface area contributed by atoms with Crippen LogP contribution in [0, 0.1) is 3.57 Å². The van der Waals surface area contributed by atoms with Gasteiger partial charge in [-0.3, -0.25) is 0 Å². The van der Waals surface area contributed by atoms with Crippen LogP contribution >= 0.6 is 34.2 Å². The van der Waals surface area contributed by atoms with E-state index in [0.29, 0.717) is 11.9 Å². The predicted molar refractivity (Wildman–Crippen MR) is 92.3 cm³/mol. The summed E-state index contributed by atoms with van der Waals surface area (Å²) in [7, 11) is 2.23. The molecule has 1 atom stereocenters. The van der Waals surface area contributed by atoms with Gasteiger partial charge in [0, 0.05) is 16.2 Å². The first-order valence-corrected chi connectivity index (χ1v) is 8.71. The SMILES string of the molecule is CN1CCCCC1Cn1c(CCl)nc2cc(I)ccc21. The fraction of sp³-hybridized carbons (Fsp3) is 0.533. The third-order valence-corrected chi connectivity index (χ3v) is 5.13. The first-order valence-electron chi connectivity index (χ1n) is 7.10. The highest BCUT2D eigenvalue weighted by Crippen LogP contribution is 2.23. The number of benzene rings is 1. The van der Waals surface area contributed by atoms with E-state index < -0.39 is 0 Å². The van der Waals surface area contributed by atoms with E-state index in [2.05, 4.69) is 57.3 Å². The molecule has 1 aromatic carbocycles. The molecule has 0 amide bonds. The Bertz CT molecular complexity index is 610. The quantitative estimate of drug-likeness (QED) is 0.573. The van der Waals surface area contributed by atoms with Crippen molar-refractivity contribution in [3.8, 4) is 0 Å². The fourth-order valence-corrected chi connectivity index (χ4v) is 3.72. The number of likely N-dealkylation sites (tertiary alicyclic amines) is 1. The Morgan fingerprint density at radius 3 is 3.00 bits per heavy atom. The normalized spacial score (nSPS) is 20.6. The third-order valence-electron chi connectivity index (χ3n) is 4.22. The van der Waals surface area contributed by atoms with Gasteiger partial charge in [0.15, 0.2) is 0 Å². The number of aromatic nitrogens is 2. The average molecular weight is 404 g/mol. The van der Waals surface area contributed by atoms with E-state index >= 15 is 0 Å². The van der Waals surface area contributed by atoms with Crippen molar-refractivity contribution in [1.29, 1.82) is 0 Å². The smallest absolute Gasteiger partial charge is 0.124 e. The zero-order chi connectivity index (χ0) is 14.1. The highest BCUT2D eigenvalue weighted by atomic mass is 127. The second kappa shape index (κ2) is 6.20. The van der Waals surface area contributed by atoms with E-state index in [0.717, 1.165) is 17.9 Å². The van der Waals surface area contributed by atoms with E-state index in [1.54, 1.807) is 0 Å². The van der Waals surface area contributed by atoms with Gasteiger partial charge in [-0.05, 0) is 67.2 Å². The summed E-state index contributed by atoms with van der Waals surface area (Å²) in [5.74, 6) is 1.46. The number of rotatable bonds is 3. The number of hydrogen-bond acceptors (Lipinski definition) is 2. The molecule has 108 valence electrons. The Kier molecular flexibility index (Phi) is 4.52. The summed E-state index contributed by atoms with van der Waals surface area (Å²) in [4.78, 5) is 7.16. The fourth-order valence-electron chi connectivity index (χ4n) is 3.04. The molecule has 0 N–H and O–H groups in total. The molecule has 20 heavy (non-hydrogen) atoms. The first kappa shape index (κ1) is 14.6. The maximum atomic E-state index is 6.10. The van der Waals surface area contributed by atoms with Crippen LogP contribution in [0.3, 0.4) is 0 Å². The van der Waals surface area contributed by atoms with E-state index in [1.165, 1.54) is 34.9 Å². The Labute approximate surface area is 138 Å². The van der Waals surface area contributed by atoms with Crippen molar-refractivity contribution in [2.75, 3.05) is 13.6 Å². The topological polar surface area (TPSA) is 21.1 Å². The Balaban J connectivity index is 1.96. The van der Waals surface area contributed by atoms with E-state index in [1.807, 2.05) is 0 Å². The van der Waals surface area contributed by atoms with Crippen LogP contribution in [0.15, 0.2) is 18.2 Å². The van der Waals surface area contributed by atoms with Crippen molar-refractivity contribution < 1.29 is 0 Å². The molecular weight excluding hydrogens is 385 g/mol. The molecule has 3 nitrogen and oxygen atoms in total. The third kappa shape index (κ3) is 2.83. The van der Waals surface area contributed by atoms with Crippen LogP contribution in [-0.4, -0.2) is 34.1 Å². The van der Waals surface area contributed by atoms with Gasteiger partial charge >= 0.3 is 0 Å². The molecule has 1 aliphatic heterocycles. The molecule has 2 heterocycles. The number of imidazole rings is 1. The lowest BCUT2D eigenvalue weighted by molar-refractivity contribution is 0.168. The van der Waals surface area contributed by atoms with Crippen LogP contribution in [0.25, 0.3) is 11.0 Å². The molecule has 1 aromatic heterocycles. The number of likely N-dealkylation sites (N-methyl/N-ethyl adjacent to an activating group) is 1. The number of piperidine rings is 1. The summed E-state index contributed by atoms with van der Waals surface area (Å²) in [5, 5.41) is 0. The number of fused-ring (bicyclic) bond motifs is 1. The van der Waals surface area contributed by atoms with Crippen molar-refractivity contribution in [3.63, 3.8) is 0 Å². The highest BCUT2D eigenvalue weighted by Gasteiger charge is 2.21. The number of nitrogens with zero attached hydrogens (tertiary/aromatic N) is 3. The summed E-state index contributed by atoms with van der Waals surface area (Å²) in [5.41, 5.74) is 2.27. The lowest BCUT2D eigenvalue weighted by Crippen LogP contribution is -2.39. The molecule has 0 aliphatic carbocycles. The van der Waals surface area contributed by atoms with Gasteiger partial charge in [-0.1, -0.05) is 6.42 Å². The second-order valence-corrected chi connectivity index (χ2v) is 7.05. The number of hydrogen-bond donors (Lipinski definition) is 0. The van der Waals surface area contributed by atoms with Crippen molar-refractivity contribution in [1.82, 2.24) is 14.5 Å². The molecule has 1 aliphatic rings. The van der Waals surface area contributed by atoms with Crippen LogP contribution in [0.2, 0.25) is 0 Å². The molecule has 5 heteroatoms. The lowest BCUT2D eigenvalue weighted by Gasteiger charge is -2.33. The van der Waals surface area contributed by atoms with Crippen LogP contribution in [0.4, 0.5) is 0 Å². The number of halogens is 2. The molecular formula is C15H19ClIN3. The monoisotopic (exact) mass is 403 g/mol. The maximum absolute atomic E-state index is 6.10. The Hall–Kier alpha value is -0.330. The van der Waals surface area contributed by atoms with Crippen LogP contribution in [-0.2, 0) is 12.4 Å². The average Bonchev–Trinajstić information content (AvgIpc) is 2.78. The minimum atomic E-state index is 0.474. The van der Waals surface area contributed by atoms with Gasteiger partial charge in [0.2, 0.25) is 0 Å². The van der Waals surface area contributed by atoms with Gasteiger partial charge in [-0.25, -0.2) is 4.98 Å². The summed E-state index contributed by atoms with van der Waals surface area (Å²) in [6.07, 6.45) is 3.91. The second-order valence-electron chi connectivity index (χ2n) is 5.54. The summed E-state index contributed by atoms with van der Waals surface area (Å²) < 4.78 is 3.53. The van der Waals surface area contributed by atoms with Gasteiger partial charge in [0.1, 0.15) is 5.82 Å². The molecule has 3 rings (SSSR count). The van der Waals surface area contributed by atoms with Gasteiger partial charge in [0.05, 0.1) is 16.9 Å². The molecule has 1 saturated heterocycles. The van der Waals surface area contributed by atoms with E-state index in [9.17, 15) is 0 Å². The standard InChI is InChI=1S/C15H19ClIN3/c1-19-7-3-2-4-12(19)10-20-14-6-5-11(17)8-13(14)18-15(20)9-16/h5-6,8,12H,2-4,7,9-10H2,1H3. The molecule has 2 aromatic rings. The molecule has 0 spiro atoms. The zero-order valence-electron chi connectivity index (χ0n) is 11.6. The molecule has 1 unspecified atom stereocenters. The van der Waals surface area contributed by atoms with Gasteiger partial charge in [-0.15, -0.1) is 11.6 Å². The van der Waals surface area contributed by atoms with Crippen molar-refractivity contribution in [3.05, 3.63) is 27.6 Å². The van der Waals surface area contributed by atoms with Crippen molar-refractivity contribution >= 4 is 45.2 Å². The zero-order valence-corrected chi connectivity index (χ0v) is 14.6. The molecule has 0 bridgehead atoms. The van der Waals surface area contributed by atoms with Crippen molar-refractivity contribution in [2.45, 2.75) is 37.7 Å². The molecule has 1 fully saturated rings. The molecule has 0 saturated carbocycles. The van der Waals surface area contributed by atoms with Crippen LogP contribution < -0.4 is 0 Å². The maximum Gasteiger partial charge on any atom is 0.124 e. The number of alkyl halides is 1. The van der Waals surface area contributed by atoms with E-state index in [-0.39, 0.29) is 0 Å². The predicted octanol–water partition coefficient (Wildman–Crippen LogP) is 3.86. The highest BCUT2D eigenvalue weighted by molar-refractivity contribution is 14.1. The molecule has 0 radical (unpaired) electrons. The van der Waals surface area contributed by atoms with Gasteiger partial charge < -0.3 is 9.47 Å². The Morgan fingerprint density at radius 1 is 1.40 bits per heavy atom. The summed E-state index contributed by atoms with van der Waals surface area (Å²) >= 11 is 8.43. The van der Waals surface area contributed by atoms with Crippen molar-refractivity contribution in [2.24, 2.45) is 0 Å². The summed E-state index contributed by atoms with van der Waals surface area (Å²) in [6, 6.07) is 7.04. The van der Waals surface area contributed by atoms with Gasteiger partial charge in [-0.2, -0.15) is 0 Å². The minimum absolute atomic E-state index is 0.474. The van der Waals surface area contributed by atoms with Crippen LogP contribution in [0.5, 0.6) is 0 Å². The summed E-state index contributed by atoms with van der Waals surface area (Å²) in [6.45, 7) is 2.20. The first-order chi connectivity index (χ1) is 9.69. The van der Waals surface area contributed by atoms with Gasteiger partial charge in [0.25, 0.3) is 0 Å². The Morgan fingerprint density at radius 2 is 2.25 bits per heavy atom.